The largest absolute Gasteiger partial charge is 0.493 e. The van der Waals surface area contributed by atoms with Crippen LogP contribution in [0.3, 0.4) is 0 Å². The van der Waals surface area contributed by atoms with E-state index in [9.17, 15) is 14.7 Å². The molecule has 8 heteroatoms. The van der Waals surface area contributed by atoms with Crippen molar-refractivity contribution in [2.45, 2.75) is 63.8 Å². The Hall–Kier alpha value is -2.84. The van der Waals surface area contributed by atoms with Crippen LogP contribution in [-0.4, -0.2) is 95.7 Å². The normalized spacial score (nSPS) is 20.6. The third-order valence-electron chi connectivity index (χ3n) is 8.68. The van der Waals surface area contributed by atoms with Gasteiger partial charge in [-0.3, -0.25) is 14.5 Å². The molecule has 0 unspecified atom stereocenters. The van der Waals surface area contributed by atoms with Crippen molar-refractivity contribution in [2.24, 2.45) is 13.0 Å². The van der Waals surface area contributed by atoms with E-state index >= 15 is 0 Å². The molecule has 0 aliphatic carbocycles. The number of benzene rings is 1. The highest BCUT2D eigenvalue weighted by Gasteiger charge is 2.47. The first-order valence-electron chi connectivity index (χ1n) is 15.0. The SMILES string of the molecule is CCCCN(CCCCN(C)C)C(=O)CN1C[C@H](c2ccc3c(c2)CCO3)[C@@H](C(=O)O)[C@@H]1CCc1cccn1C. The van der Waals surface area contributed by atoms with Crippen LogP contribution in [-0.2, 0) is 29.5 Å². The zero-order valence-electron chi connectivity index (χ0n) is 24.8. The topological polar surface area (TPSA) is 78.2 Å². The first kappa shape index (κ1) is 30.1. The molecule has 3 heterocycles. The molecule has 0 bridgehead atoms. The van der Waals surface area contributed by atoms with Gasteiger partial charge in [0.15, 0.2) is 0 Å². The number of aromatic nitrogens is 1. The maximum atomic E-state index is 13.7. The second kappa shape index (κ2) is 14.2. The minimum absolute atomic E-state index is 0.120. The van der Waals surface area contributed by atoms with E-state index in [1.807, 2.05) is 36.3 Å². The van der Waals surface area contributed by atoms with Crippen molar-refractivity contribution in [3.05, 3.63) is 53.3 Å². The van der Waals surface area contributed by atoms with Crippen molar-refractivity contribution in [3.63, 3.8) is 0 Å². The Morgan fingerprint density at radius 2 is 1.88 bits per heavy atom. The number of carbonyl (C=O) groups is 2. The predicted molar refractivity (Wildman–Crippen MR) is 158 cm³/mol. The maximum Gasteiger partial charge on any atom is 0.308 e. The molecule has 2 aliphatic heterocycles. The molecule has 1 aromatic heterocycles. The zero-order chi connectivity index (χ0) is 28.6. The molecule has 4 rings (SSSR count). The number of carboxylic acids is 1. The van der Waals surface area contributed by atoms with Gasteiger partial charge in [0.2, 0.25) is 5.91 Å². The number of amides is 1. The first-order valence-corrected chi connectivity index (χ1v) is 15.0. The second-order valence-corrected chi connectivity index (χ2v) is 11.8. The maximum absolute atomic E-state index is 13.7. The van der Waals surface area contributed by atoms with Crippen molar-refractivity contribution in [2.75, 3.05) is 53.4 Å². The summed E-state index contributed by atoms with van der Waals surface area (Å²) in [5.41, 5.74) is 3.38. The number of hydrogen-bond donors (Lipinski definition) is 1. The van der Waals surface area contributed by atoms with Gasteiger partial charge in [-0.15, -0.1) is 0 Å². The van der Waals surface area contributed by atoms with Crippen LogP contribution in [0.25, 0.3) is 0 Å². The van der Waals surface area contributed by atoms with Gasteiger partial charge in [0.1, 0.15) is 5.75 Å². The van der Waals surface area contributed by atoms with Gasteiger partial charge in [0, 0.05) is 57.0 Å². The summed E-state index contributed by atoms with van der Waals surface area (Å²) in [7, 11) is 6.18. The highest BCUT2D eigenvalue weighted by molar-refractivity contribution is 5.79. The predicted octanol–water partition coefficient (Wildman–Crippen LogP) is 4.03. The van der Waals surface area contributed by atoms with E-state index < -0.39 is 11.9 Å². The smallest absolute Gasteiger partial charge is 0.308 e. The van der Waals surface area contributed by atoms with E-state index in [2.05, 4.69) is 47.5 Å². The average molecular weight is 553 g/mol. The van der Waals surface area contributed by atoms with E-state index in [0.29, 0.717) is 19.6 Å². The minimum atomic E-state index is -0.778. The fourth-order valence-corrected chi connectivity index (χ4v) is 6.39. The fourth-order valence-electron chi connectivity index (χ4n) is 6.39. The Balaban J connectivity index is 1.55. The lowest BCUT2D eigenvalue weighted by Crippen LogP contribution is -2.45. The number of aliphatic carboxylic acids is 1. The summed E-state index contributed by atoms with van der Waals surface area (Å²) in [6.45, 7) is 6.19. The summed E-state index contributed by atoms with van der Waals surface area (Å²) in [6.07, 6.45) is 8.40. The van der Waals surface area contributed by atoms with Crippen LogP contribution < -0.4 is 4.74 Å². The standard InChI is InChI=1S/C32H48N4O4/c1-5-6-18-35(19-8-7-16-33(2)3)30(37)23-36-22-27(24-11-14-29-25(21-24)15-20-40-29)31(32(38)39)28(36)13-12-26-10-9-17-34(26)4/h9-11,14,17,21,27-28,31H,5-8,12-13,15-16,18-20,22-23H2,1-4H3,(H,38,39)/t27-,28+,31-/m1/s1. The molecule has 2 aromatic rings. The molecule has 0 spiro atoms. The van der Waals surface area contributed by atoms with E-state index in [1.165, 1.54) is 5.69 Å². The highest BCUT2D eigenvalue weighted by Crippen LogP contribution is 2.41. The molecular weight excluding hydrogens is 504 g/mol. The number of carboxylic acid groups (broad SMARTS) is 1. The molecule has 1 fully saturated rings. The Labute approximate surface area is 239 Å². The number of ether oxygens (including phenoxy) is 1. The highest BCUT2D eigenvalue weighted by atomic mass is 16.5. The number of aryl methyl sites for hydroxylation is 2. The van der Waals surface area contributed by atoms with Crippen LogP contribution in [0.2, 0.25) is 0 Å². The average Bonchev–Trinajstić information content (AvgIpc) is 3.64. The number of unbranched alkanes of at least 4 members (excludes halogenated alkanes) is 2. The number of carbonyl (C=O) groups excluding carboxylic acids is 1. The number of rotatable bonds is 15. The molecule has 8 nitrogen and oxygen atoms in total. The number of fused-ring (bicyclic) bond motifs is 1. The second-order valence-electron chi connectivity index (χ2n) is 11.8. The monoisotopic (exact) mass is 552 g/mol. The van der Waals surface area contributed by atoms with E-state index in [0.717, 1.165) is 75.0 Å². The van der Waals surface area contributed by atoms with Gasteiger partial charge >= 0.3 is 5.97 Å². The molecule has 2 aliphatic rings. The van der Waals surface area contributed by atoms with Crippen LogP contribution >= 0.6 is 0 Å². The molecule has 1 N–H and O–H groups in total. The third-order valence-corrected chi connectivity index (χ3v) is 8.68. The summed E-state index contributed by atoms with van der Waals surface area (Å²) < 4.78 is 7.80. The molecule has 1 saturated heterocycles. The van der Waals surface area contributed by atoms with Gasteiger partial charge in [-0.2, -0.15) is 0 Å². The molecule has 1 aromatic carbocycles. The van der Waals surface area contributed by atoms with Gasteiger partial charge in [-0.1, -0.05) is 25.5 Å². The van der Waals surface area contributed by atoms with Crippen molar-refractivity contribution in [1.29, 1.82) is 0 Å². The van der Waals surface area contributed by atoms with Gasteiger partial charge in [0.25, 0.3) is 0 Å². The minimum Gasteiger partial charge on any atom is -0.493 e. The zero-order valence-corrected chi connectivity index (χ0v) is 24.8. The Morgan fingerprint density at radius 1 is 1.10 bits per heavy atom. The Bertz CT molecular complexity index is 1130. The number of likely N-dealkylation sites (tertiary alicyclic amines) is 1. The van der Waals surface area contributed by atoms with Crippen LogP contribution in [0, 0.1) is 5.92 Å². The van der Waals surface area contributed by atoms with Crippen LogP contribution in [0.5, 0.6) is 5.75 Å². The molecule has 0 saturated carbocycles. The lowest BCUT2D eigenvalue weighted by Gasteiger charge is -2.30. The fraction of sp³-hybridized carbons (Fsp3) is 0.625. The molecular formula is C32H48N4O4. The van der Waals surface area contributed by atoms with Gasteiger partial charge in [-0.25, -0.2) is 0 Å². The van der Waals surface area contributed by atoms with Crippen molar-refractivity contribution >= 4 is 11.9 Å². The lowest BCUT2D eigenvalue weighted by atomic mass is 9.83. The van der Waals surface area contributed by atoms with Gasteiger partial charge in [-0.05, 0) is 82.1 Å². The summed E-state index contributed by atoms with van der Waals surface area (Å²) in [5, 5.41) is 10.5. The van der Waals surface area contributed by atoms with E-state index in [1.54, 1.807) is 0 Å². The molecule has 3 atom stereocenters. The Kier molecular flexibility index (Phi) is 10.7. The summed E-state index contributed by atoms with van der Waals surface area (Å²) >= 11 is 0. The van der Waals surface area contributed by atoms with Crippen molar-refractivity contribution in [3.8, 4) is 5.75 Å². The number of hydrogen-bond acceptors (Lipinski definition) is 5. The third kappa shape index (κ3) is 7.46. The summed E-state index contributed by atoms with van der Waals surface area (Å²) in [4.78, 5) is 33.0. The quantitative estimate of drug-likeness (QED) is 0.336. The first-order chi connectivity index (χ1) is 19.3. The van der Waals surface area contributed by atoms with Crippen LogP contribution in [0.15, 0.2) is 36.5 Å². The Morgan fingerprint density at radius 3 is 2.58 bits per heavy atom. The number of nitrogens with zero attached hydrogens (tertiary/aromatic N) is 4. The molecule has 40 heavy (non-hydrogen) atoms. The van der Waals surface area contributed by atoms with Crippen molar-refractivity contribution < 1.29 is 19.4 Å². The van der Waals surface area contributed by atoms with Gasteiger partial charge < -0.3 is 24.2 Å². The molecule has 1 amide bonds. The lowest BCUT2D eigenvalue weighted by molar-refractivity contribution is -0.143. The summed E-state index contributed by atoms with van der Waals surface area (Å²) in [5.74, 6) is -0.493. The molecule has 220 valence electrons. The summed E-state index contributed by atoms with van der Waals surface area (Å²) in [6, 6.07) is 10.1. The van der Waals surface area contributed by atoms with Crippen molar-refractivity contribution in [1.82, 2.24) is 19.3 Å². The van der Waals surface area contributed by atoms with E-state index in [-0.39, 0.29) is 24.4 Å². The van der Waals surface area contributed by atoms with Crippen LogP contribution in [0.4, 0.5) is 0 Å². The molecule has 0 radical (unpaired) electrons. The van der Waals surface area contributed by atoms with E-state index in [4.69, 9.17) is 4.74 Å². The van der Waals surface area contributed by atoms with Crippen LogP contribution in [0.1, 0.15) is 61.8 Å². The van der Waals surface area contributed by atoms with Gasteiger partial charge in [0.05, 0.1) is 19.1 Å².